The van der Waals surface area contributed by atoms with Crippen LogP contribution in [0.5, 0.6) is 5.75 Å². The predicted molar refractivity (Wildman–Crippen MR) is 56.8 cm³/mol. The summed E-state index contributed by atoms with van der Waals surface area (Å²) < 4.78 is 5.35. The molecule has 2 heteroatoms. The maximum absolute atomic E-state index is 11.6. The van der Waals surface area contributed by atoms with Gasteiger partial charge in [-0.25, -0.2) is 0 Å². The van der Waals surface area contributed by atoms with E-state index in [4.69, 9.17) is 4.74 Å². The van der Waals surface area contributed by atoms with Crippen molar-refractivity contribution < 1.29 is 9.53 Å². The molecule has 1 aromatic carbocycles. The van der Waals surface area contributed by atoms with Gasteiger partial charge in [-0.1, -0.05) is 18.2 Å². The minimum absolute atomic E-state index is 0.0454. The van der Waals surface area contributed by atoms with Crippen molar-refractivity contribution in [3.63, 3.8) is 0 Å². The number of ketones is 1. The van der Waals surface area contributed by atoms with Gasteiger partial charge in [0, 0.05) is 6.42 Å². The number of carbonyl (C=O) groups excluding carboxylic acids is 1. The molecule has 1 aromatic rings. The van der Waals surface area contributed by atoms with Gasteiger partial charge < -0.3 is 4.74 Å². The molecule has 74 valence electrons. The lowest BCUT2D eigenvalue weighted by Crippen LogP contribution is -2.02. The van der Waals surface area contributed by atoms with Crippen LogP contribution in [-0.4, -0.2) is 12.4 Å². The minimum Gasteiger partial charge on any atom is -0.493 e. The fourth-order valence-electron chi connectivity index (χ4n) is 1.22. The lowest BCUT2D eigenvalue weighted by Gasteiger charge is -2.07. The molecule has 0 N–H and O–H groups in total. The number of carbonyl (C=O) groups is 1. The molecule has 0 fully saturated rings. The first-order valence-corrected chi connectivity index (χ1v) is 4.65. The Morgan fingerprint density at radius 1 is 1.50 bits per heavy atom. The Balaban J connectivity index is 2.93. The van der Waals surface area contributed by atoms with E-state index >= 15 is 0 Å². The lowest BCUT2D eigenvalue weighted by molar-refractivity contribution is 0.0992. The molecule has 0 aliphatic carbocycles. The van der Waals surface area contributed by atoms with Crippen molar-refractivity contribution in [3.05, 3.63) is 42.5 Å². The summed E-state index contributed by atoms with van der Waals surface area (Å²) in [5.41, 5.74) is 0.634. The smallest absolute Gasteiger partial charge is 0.170 e. The topological polar surface area (TPSA) is 26.3 Å². The number of benzene rings is 1. The van der Waals surface area contributed by atoms with E-state index < -0.39 is 0 Å². The number of allylic oxidation sites excluding steroid dienone is 1. The fraction of sp³-hybridized carbons (Fsp3) is 0.250. The van der Waals surface area contributed by atoms with E-state index in [2.05, 4.69) is 6.58 Å². The van der Waals surface area contributed by atoms with Gasteiger partial charge in [-0.05, 0) is 19.1 Å². The molecule has 2 nitrogen and oxygen atoms in total. The van der Waals surface area contributed by atoms with E-state index in [-0.39, 0.29) is 5.78 Å². The molecule has 0 aliphatic rings. The van der Waals surface area contributed by atoms with Gasteiger partial charge in [0.15, 0.2) is 5.78 Å². The molecule has 0 heterocycles. The van der Waals surface area contributed by atoms with Crippen molar-refractivity contribution in [2.45, 2.75) is 13.3 Å². The summed E-state index contributed by atoms with van der Waals surface area (Å²) in [6, 6.07) is 7.27. The number of para-hydroxylation sites is 1. The highest BCUT2D eigenvalue weighted by molar-refractivity contribution is 5.99. The molecule has 14 heavy (non-hydrogen) atoms. The van der Waals surface area contributed by atoms with Crippen LogP contribution in [-0.2, 0) is 0 Å². The minimum atomic E-state index is 0.0454. The van der Waals surface area contributed by atoms with Crippen LogP contribution in [0.1, 0.15) is 23.7 Å². The third kappa shape index (κ3) is 2.46. The van der Waals surface area contributed by atoms with Crippen LogP contribution < -0.4 is 4.74 Å². The van der Waals surface area contributed by atoms with E-state index in [0.717, 1.165) is 0 Å². The summed E-state index contributed by atoms with van der Waals surface area (Å²) in [7, 11) is 0. The van der Waals surface area contributed by atoms with Gasteiger partial charge in [0.1, 0.15) is 5.75 Å². The Kier molecular flexibility index (Phi) is 3.92. The maximum Gasteiger partial charge on any atom is 0.170 e. The van der Waals surface area contributed by atoms with Gasteiger partial charge in [-0.2, -0.15) is 0 Å². The maximum atomic E-state index is 11.6. The summed E-state index contributed by atoms with van der Waals surface area (Å²) in [5.74, 6) is 0.700. The van der Waals surface area contributed by atoms with Gasteiger partial charge in [0.2, 0.25) is 0 Å². The number of Topliss-reactive ketones (excluding diaryl/α,β-unsaturated/α-hetero) is 1. The first kappa shape index (κ1) is 10.5. The van der Waals surface area contributed by atoms with Gasteiger partial charge in [-0.3, -0.25) is 4.79 Å². The molecule has 0 saturated carbocycles. The molecule has 0 radical (unpaired) electrons. The average Bonchev–Trinajstić information content (AvgIpc) is 2.19. The van der Waals surface area contributed by atoms with Crippen LogP contribution in [0.3, 0.4) is 0 Å². The van der Waals surface area contributed by atoms with E-state index in [1.165, 1.54) is 0 Å². The Bertz CT molecular complexity index is 329. The van der Waals surface area contributed by atoms with E-state index in [0.29, 0.717) is 24.3 Å². The van der Waals surface area contributed by atoms with Crippen LogP contribution in [0, 0.1) is 0 Å². The third-order valence-electron chi connectivity index (χ3n) is 1.82. The first-order valence-electron chi connectivity index (χ1n) is 4.65. The molecule has 1 rings (SSSR count). The molecular formula is C12H14O2. The highest BCUT2D eigenvalue weighted by Gasteiger charge is 2.09. The normalized spacial score (nSPS) is 9.50. The zero-order chi connectivity index (χ0) is 10.4. The number of hydrogen-bond acceptors (Lipinski definition) is 2. The summed E-state index contributed by atoms with van der Waals surface area (Å²) in [4.78, 5) is 11.6. The Labute approximate surface area is 84.2 Å². The number of rotatable bonds is 5. The van der Waals surface area contributed by atoms with E-state index in [1.807, 2.05) is 19.1 Å². The zero-order valence-electron chi connectivity index (χ0n) is 8.32. The van der Waals surface area contributed by atoms with Crippen LogP contribution in [0.4, 0.5) is 0 Å². The van der Waals surface area contributed by atoms with Crippen molar-refractivity contribution in [2.24, 2.45) is 0 Å². The zero-order valence-corrected chi connectivity index (χ0v) is 8.32. The van der Waals surface area contributed by atoms with Crippen molar-refractivity contribution >= 4 is 5.78 Å². The molecule has 0 aromatic heterocycles. The molecule has 0 atom stereocenters. The van der Waals surface area contributed by atoms with Gasteiger partial charge in [0.05, 0.1) is 12.2 Å². The van der Waals surface area contributed by atoms with Crippen LogP contribution in [0.15, 0.2) is 36.9 Å². The molecule has 0 bridgehead atoms. The highest BCUT2D eigenvalue weighted by Crippen LogP contribution is 2.19. The third-order valence-corrected chi connectivity index (χ3v) is 1.82. The Hall–Kier alpha value is -1.57. The summed E-state index contributed by atoms with van der Waals surface area (Å²) >= 11 is 0. The van der Waals surface area contributed by atoms with Crippen LogP contribution >= 0.6 is 0 Å². The van der Waals surface area contributed by atoms with Crippen LogP contribution in [0.25, 0.3) is 0 Å². The number of hydrogen-bond donors (Lipinski definition) is 0. The van der Waals surface area contributed by atoms with Crippen molar-refractivity contribution in [2.75, 3.05) is 6.61 Å². The van der Waals surface area contributed by atoms with Gasteiger partial charge in [0.25, 0.3) is 0 Å². The van der Waals surface area contributed by atoms with E-state index in [1.54, 1.807) is 18.2 Å². The summed E-state index contributed by atoms with van der Waals surface area (Å²) in [6.45, 7) is 6.01. The largest absolute Gasteiger partial charge is 0.493 e. The first-order chi connectivity index (χ1) is 6.79. The van der Waals surface area contributed by atoms with Crippen molar-refractivity contribution in [1.82, 2.24) is 0 Å². The van der Waals surface area contributed by atoms with Crippen molar-refractivity contribution in [3.8, 4) is 5.75 Å². The second-order valence-electron chi connectivity index (χ2n) is 2.85. The molecule has 0 saturated heterocycles. The van der Waals surface area contributed by atoms with Crippen LogP contribution in [0.2, 0.25) is 0 Å². The highest BCUT2D eigenvalue weighted by atomic mass is 16.5. The summed E-state index contributed by atoms with van der Waals surface area (Å²) in [6.07, 6.45) is 1.95. The number of ether oxygens (including phenoxy) is 1. The lowest BCUT2D eigenvalue weighted by atomic mass is 10.1. The second-order valence-corrected chi connectivity index (χ2v) is 2.85. The molecular weight excluding hydrogens is 176 g/mol. The SMILES string of the molecule is C=CCC(=O)c1ccccc1OCC. The predicted octanol–water partition coefficient (Wildman–Crippen LogP) is 2.84. The molecule has 0 spiro atoms. The molecule has 0 aliphatic heterocycles. The van der Waals surface area contributed by atoms with E-state index in [9.17, 15) is 4.79 Å². The average molecular weight is 190 g/mol. The van der Waals surface area contributed by atoms with Gasteiger partial charge in [-0.15, -0.1) is 6.58 Å². The van der Waals surface area contributed by atoms with Crippen molar-refractivity contribution in [1.29, 1.82) is 0 Å². The fourth-order valence-corrected chi connectivity index (χ4v) is 1.22. The van der Waals surface area contributed by atoms with Gasteiger partial charge >= 0.3 is 0 Å². The summed E-state index contributed by atoms with van der Waals surface area (Å²) in [5, 5.41) is 0. The Morgan fingerprint density at radius 2 is 2.21 bits per heavy atom. The standard InChI is InChI=1S/C12H14O2/c1-3-7-11(13)10-8-5-6-9-12(10)14-4-2/h3,5-6,8-9H,1,4,7H2,2H3. The Morgan fingerprint density at radius 3 is 2.86 bits per heavy atom. The second kappa shape index (κ2) is 5.22. The quantitative estimate of drug-likeness (QED) is 0.527. The monoisotopic (exact) mass is 190 g/mol. The molecule has 0 amide bonds. The molecule has 0 unspecified atom stereocenters.